The van der Waals surface area contributed by atoms with Crippen molar-refractivity contribution >= 4 is 12.0 Å². The van der Waals surface area contributed by atoms with Crippen molar-refractivity contribution in [1.29, 1.82) is 0 Å². The summed E-state index contributed by atoms with van der Waals surface area (Å²) in [7, 11) is 1.37. The molecule has 1 atom stereocenters. The van der Waals surface area contributed by atoms with Gasteiger partial charge in [-0.25, -0.2) is 0 Å². The molecule has 3 rings (SSSR count). The lowest BCUT2D eigenvalue weighted by Crippen LogP contribution is -2.34. The Morgan fingerprint density at radius 2 is 2.07 bits per heavy atom. The van der Waals surface area contributed by atoms with Gasteiger partial charge in [-0.05, 0) is 55.7 Å². The molecule has 1 fully saturated rings. The third-order valence-corrected chi connectivity index (χ3v) is 4.39. The minimum absolute atomic E-state index is 0.0537. The van der Waals surface area contributed by atoms with E-state index in [0.717, 1.165) is 18.6 Å². The first-order valence-corrected chi connectivity index (χ1v) is 8.66. The second-order valence-electron chi connectivity index (χ2n) is 6.29. The van der Waals surface area contributed by atoms with Crippen molar-refractivity contribution in [3.05, 3.63) is 54.0 Å². The van der Waals surface area contributed by atoms with Crippen LogP contribution in [0.1, 0.15) is 37.1 Å². The normalized spacial score (nSPS) is 15.1. The molecular formula is C20H21F2NO4. The van der Waals surface area contributed by atoms with Crippen molar-refractivity contribution in [2.45, 2.75) is 38.5 Å². The molecule has 1 aliphatic rings. The molecule has 1 amide bonds. The van der Waals surface area contributed by atoms with Gasteiger partial charge in [0.05, 0.1) is 19.4 Å². The molecular weight excluding hydrogens is 356 g/mol. The summed E-state index contributed by atoms with van der Waals surface area (Å²) in [5, 5.41) is 0. The summed E-state index contributed by atoms with van der Waals surface area (Å²) in [6, 6.07) is 8.20. The summed E-state index contributed by atoms with van der Waals surface area (Å²) >= 11 is 0. The highest BCUT2D eigenvalue weighted by atomic mass is 19.3. The zero-order valence-corrected chi connectivity index (χ0v) is 15.1. The molecule has 0 radical (unpaired) electrons. The van der Waals surface area contributed by atoms with Gasteiger partial charge in [0, 0.05) is 12.1 Å². The van der Waals surface area contributed by atoms with Gasteiger partial charge >= 0.3 is 6.61 Å². The summed E-state index contributed by atoms with van der Waals surface area (Å²) in [5.74, 6) is 0.724. The smallest absolute Gasteiger partial charge is 0.387 e. The van der Waals surface area contributed by atoms with E-state index in [0.29, 0.717) is 5.56 Å². The number of hydrogen-bond donors (Lipinski definition) is 0. The maximum atomic E-state index is 12.7. The molecule has 1 aliphatic carbocycles. The Labute approximate surface area is 156 Å². The number of rotatable bonds is 8. The SMILES string of the molecule is COc1cc(/C=C/C(=O)N(C2CC2)C(C)c2ccco2)ccc1OC(F)F. The first kappa shape index (κ1) is 18.9. The third-order valence-electron chi connectivity index (χ3n) is 4.39. The van der Waals surface area contributed by atoms with Crippen LogP contribution in [-0.4, -0.2) is 30.6 Å². The topological polar surface area (TPSA) is 51.9 Å². The Hall–Kier alpha value is -2.83. The van der Waals surface area contributed by atoms with E-state index in [4.69, 9.17) is 9.15 Å². The molecule has 1 aromatic heterocycles. The van der Waals surface area contributed by atoms with E-state index < -0.39 is 6.61 Å². The Balaban J connectivity index is 1.74. The number of methoxy groups -OCH3 is 1. The van der Waals surface area contributed by atoms with E-state index in [1.54, 1.807) is 35.4 Å². The summed E-state index contributed by atoms with van der Waals surface area (Å²) in [5.41, 5.74) is 0.642. The van der Waals surface area contributed by atoms with Crippen LogP contribution in [0.15, 0.2) is 47.1 Å². The van der Waals surface area contributed by atoms with Crippen LogP contribution in [-0.2, 0) is 4.79 Å². The van der Waals surface area contributed by atoms with Gasteiger partial charge in [-0.2, -0.15) is 8.78 Å². The summed E-state index contributed by atoms with van der Waals surface area (Å²) < 4.78 is 39.7. The van der Waals surface area contributed by atoms with Crippen LogP contribution in [0.25, 0.3) is 6.08 Å². The van der Waals surface area contributed by atoms with Crippen LogP contribution in [0.5, 0.6) is 11.5 Å². The van der Waals surface area contributed by atoms with Crippen LogP contribution in [0.4, 0.5) is 8.78 Å². The zero-order valence-electron chi connectivity index (χ0n) is 15.1. The third kappa shape index (κ3) is 4.67. The molecule has 144 valence electrons. The average Bonchev–Trinajstić information content (AvgIpc) is 3.31. The van der Waals surface area contributed by atoms with Crippen molar-refractivity contribution < 1.29 is 27.5 Å². The molecule has 2 aromatic rings. The number of ether oxygens (including phenoxy) is 2. The maximum Gasteiger partial charge on any atom is 0.387 e. The second kappa shape index (κ2) is 8.24. The fourth-order valence-electron chi connectivity index (χ4n) is 2.94. The molecule has 1 saturated carbocycles. The highest BCUT2D eigenvalue weighted by Crippen LogP contribution is 2.35. The molecule has 5 nitrogen and oxygen atoms in total. The lowest BCUT2D eigenvalue weighted by molar-refractivity contribution is -0.129. The quantitative estimate of drug-likeness (QED) is 0.628. The molecule has 7 heteroatoms. The van der Waals surface area contributed by atoms with Crippen molar-refractivity contribution in [1.82, 2.24) is 4.90 Å². The predicted octanol–water partition coefficient (Wildman–Crippen LogP) is 4.66. The Morgan fingerprint density at radius 1 is 1.30 bits per heavy atom. The van der Waals surface area contributed by atoms with Crippen molar-refractivity contribution in [2.24, 2.45) is 0 Å². The fraction of sp³-hybridized carbons (Fsp3) is 0.350. The highest BCUT2D eigenvalue weighted by molar-refractivity contribution is 5.92. The maximum absolute atomic E-state index is 12.7. The number of nitrogens with zero attached hydrogens (tertiary/aromatic N) is 1. The minimum atomic E-state index is -2.93. The molecule has 1 heterocycles. The van der Waals surface area contributed by atoms with Crippen LogP contribution < -0.4 is 9.47 Å². The monoisotopic (exact) mass is 377 g/mol. The van der Waals surface area contributed by atoms with Crippen LogP contribution >= 0.6 is 0 Å². The van der Waals surface area contributed by atoms with E-state index in [1.165, 1.54) is 19.3 Å². The lowest BCUT2D eigenvalue weighted by atomic mass is 10.1. The van der Waals surface area contributed by atoms with Gasteiger partial charge in [-0.15, -0.1) is 0 Å². The Kier molecular flexibility index (Phi) is 5.78. The summed E-state index contributed by atoms with van der Waals surface area (Å²) in [4.78, 5) is 14.6. The largest absolute Gasteiger partial charge is 0.493 e. The number of alkyl halides is 2. The number of furan rings is 1. The molecule has 0 N–H and O–H groups in total. The highest BCUT2D eigenvalue weighted by Gasteiger charge is 2.36. The van der Waals surface area contributed by atoms with E-state index in [9.17, 15) is 13.6 Å². The summed E-state index contributed by atoms with van der Waals surface area (Å²) in [6.07, 6.45) is 6.63. The van der Waals surface area contributed by atoms with E-state index in [2.05, 4.69) is 4.74 Å². The zero-order chi connectivity index (χ0) is 19.4. The van der Waals surface area contributed by atoms with E-state index >= 15 is 0 Å². The number of benzene rings is 1. The summed E-state index contributed by atoms with van der Waals surface area (Å²) in [6.45, 7) is -1.00. The average molecular weight is 377 g/mol. The van der Waals surface area contributed by atoms with Crippen LogP contribution in [0.2, 0.25) is 0 Å². The lowest BCUT2D eigenvalue weighted by Gasteiger charge is -2.26. The van der Waals surface area contributed by atoms with Gasteiger partial charge in [0.25, 0.3) is 0 Å². The molecule has 0 spiro atoms. The number of halogens is 2. The first-order valence-electron chi connectivity index (χ1n) is 8.66. The van der Waals surface area contributed by atoms with Gasteiger partial charge < -0.3 is 18.8 Å². The van der Waals surface area contributed by atoms with E-state index in [1.807, 2.05) is 13.0 Å². The molecule has 27 heavy (non-hydrogen) atoms. The standard InChI is InChI=1S/C20H21F2NO4/c1-13(16-4-3-11-26-16)23(15-7-8-15)19(24)10-6-14-5-9-17(27-20(21)22)18(12-14)25-2/h3-6,9-13,15,20H,7-8H2,1-2H3/b10-6+. The molecule has 0 bridgehead atoms. The molecule has 0 aliphatic heterocycles. The second-order valence-corrected chi connectivity index (χ2v) is 6.29. The fourth-order valence-corrected chi connectivity index (χ4v) is 2.94. The number of amides is 1. The minimum Gasteiger partial charge on any atom is -0.493 e. The molecule has 1 unspecified atom stereocenters. The van der Waals surface area contributed by atoms with Crippen molar-refractivity contribution in [2.75, 3.05) is 7.11 Å². The van der Waals surface area contributed by atoms with Crippen LogP contribution in [0, 0.1) is 0 Å². The van der Waals surface area contributed by atoms with Crippen molar-refractivity contribution in [3.8, 4) is 11.5 Å². The van der Waals surface area contributed by atoms with Gasteiger partial charge in [-0.3, -0.25) is 4.79 Å². The number of carbonyl (C=O) groups is 1. The molecule has 1 aromatic carbocycles. The predicted molar refractivity (Wildman–Crippen MR) is 95.7 cm³/mol. The van der Waals surface area contributed by atoms with Gasteiger partial charge in [-0.1, -0.05) is 6.07 Å². The Morgan fingerprint density at radius 3 is 2.67 bits per heavy atom. The van der Waals surface area contributed by atoms with Gasteiger partial charge in [0.15, 0.2) is 11.5 Å². The van der Waals surface area contributed by atoms with Gasteiger partial charge in [0.2, 0.25) is 5.91 Å². The molecule has 0 saturated heterocycles. The number of hydrogen-bond acceptors (Lipinski definition) is 4. The number of carbonyl (C=O) groups excluding carboxylic acids is 1. The van der Waals surface area contributed by atoms with Gasteiger partial charge in [0.1, 0.15) is 5.76 Å². The Bertz CT molecular complexity index is 800. The van der Waals surface area contributed by atoms with Crippen molar-refractivity contribution in [3.63, 3.8) is 0 Å². The van der Waals surface area contributed by atoms with Crippen LogP contribution in [0.3, 0.4) is 0 Å². The first-order chi connectivity index (χ1) is 13.0. The van der Waals surface area contributed by atoms with E-state index in [-0.39, 0.29) is 29.5 Å².